The van der Waals surface area contributed by atoms with E-state index in [0.29, 0.717) is 6.54 Å². The van der Waals surface area contributed by atoms with Crippen molar-refractivity contribution < 1.29 is 10.3 Å². The highest BCUT2D eigenvalue weighted by Crippen LogP contribution is 2.20. The van der Waals surface area contributed by atoms with Crippen LogP contribution in [0.1, 0.15) is 33.6 Å². The monoisotopic (exact) mass is 231 g/mol. The van der Waals surface area contributed by atoms with Gasteiger partial charge in [0, 0.05) is 12.0 Å². The molecule has 0 unspecified atom stereocenters. The van der Waals surface area contributed by atoms with Crippen LogP contribution in [0.15, 0.2) is 5.16 Å². The third kappa shape index (κ3) is 5.32. The summed E-state index contributed by atoms with van der Waals surface area (Å²) >= 11 is 0. The standard InChI is InChI=1S/C11H25N3O2/c1-4-6-14(8-9-15)7-5-11(2,3)10(12)13-16/h15-16H,4-9H2,1-3H3,(H2,12,13). The van der Waals surface area contributed by atoms with Gasteiger partial charge in [-0.2, -0.15) is 0 Å². The molecule has 0 saturated carbocycles. The summed E-state index contributed by atoms with van der Waals surface area (Å²) in [4.78, 5) is 2.19. The molecule has 4 N–H and O–H groups in total. The van der Waals surface area contributed by atoms with Gasteiger partial charge in [-0.1, -0.05) is 25.9 Å². The van der Waals surface area contributed by atoms with E-state index >= 15 is 0 Å². The predicted octanol–water partition coefficient (Wildman–Crippen LogP) is 0.853. The molecule has 0 rings (SSSR count). The first-order chi connectivity index (χ1) is 7.47. The van der Waals surface area contributed by atoms with Gasteiger partial charge in [-0.25, -0.2) is 0 Å². The SMILES string of the molecule is CCCN(CCO)CCC(C)(C)C(N)=NO. The highest BCUT2D eigenvalue weighted by atomic mass is 16.4. The Labute approximate surface area is 97.9 Å². The van der Waals surface area contributed by atoms with Crippen molar-refractivity contribution in [3.05, 3.63) is 0 Å². The molecule has 0 heterocycles. The lowest BCUT2D eigenvalue weighted by molar-refractivity contribution is 0.183. The number of nitrogens with two attached hydrogens (primary N) is 1. The third-order valence-corrected chi connectivity index (χ3v) is 2.81. The topological polar surface area (TPSA) is 82.1 Å². The fraction of sp³-hybridized carbons (Fsp3) is 0.909. The van der Waals surface area contributed by atoms with Crippen molar-refractivity contribution in [3.63, 3.8) is 0 Å². The Balaban J connectivity index is 4.17. The van der Waals surface area contributed by atoms with Gasteiger partial charge in [0.2, 0.25) is 0 Å². The van der Waals surface area contributed by atoms with Gasteiger partial charge in [0.05, 0.1) is 6.61 Å². The molecule has 0 aliphatic carbocycles. The second-order valence-electron chi connectivity index (χ2n) is 4.68. The minimum absolute atomic E-state index is 0.171. The van der Waals surface area contributed by atoms with E-state index < -0.39 is 0 Å². The van der Waals surface area contributed by atoms with Gasteiger partial charge in [0.15, 0.2) is 0 Å². The van der Waals surface area contributed by atoms with Crippen molar-refractivity contribution in [3.8, 4) is 0 Å². The maximum atomic E-state index is 8.92. The number of nitrogens with zero attached hydrogens (tertiary/aromatic N) is 2. The number of amidine groups is 1. The molecule has 0 fully saturated rings. The van der Waals surface area contributed by atoms with Gasteiger partial charge < -0.3 is 20.9 Å². The summed E-state index contributed by atoms with van der Waals surface area (Å²) in [5.41, 5.74) is 5.31. The molecule has 16 heavy (non-hydrogen) atoms. The molecule has 0 spiro atoms. The van der Waals surface area contributed by atoms with E-state index in [0.717, 1.165) is 25.9 Å². The lowest BCUT2D eigenvalue weighted by atomic mass is 9.88. The average Bonchev–Trinajstić information content (AvgIpc) is 2.25. The first-order valence-electron chi connectivity index (χ1n) is 5.79. The number of aliphatic hydroxyl groups is 1. The summed E-state index contributed by atoms with van der Waals surface area (Å²) in [6, 6.07) is 0. The zero-order valence-corrected chi connectivity index (χ0v) is 10.6. The number of rotatable bonds is 8. The van der Waals surface area contributed by atoms with E-state index in [4.69, 9.17) is 16.0 Å². The fourth-order valence-electron chi connectivity index (χ4n) is 1.49. The van der Waals surface area contributed by atoms with E-state index in [1.54, 1.807) is 0 Å². The van der Waals surface area contributed by atoms with Crippen LogP contribution in [0.5, 0.6) is 0 Å². The molecule has 0 aromatic rings. The van der Waals surface area contributed by atoms with E-state index in [-0.39, 0.29) is 17.9 Å². The molecule has 0 amide bonds. The molecule has 0 aliphatic heterocycles. The van der Waals surface area contributed by atoms with Crippen molar-refractivity contribution in [2.24, 2.45) is 16.3 Å². The summed E-state index contributed by atoms with van der Waals surface area (Å²) in [6.45, 7) is 8.67. The van der Waals surface area contributed by atoms with Gasteiger partial charge in [-0.15, -0.1) is 0 Å². The lowest BCUT2D eigenvalue weighted by Gasteiger charge is -2.27. The van der Waals surface area contributed by atoms with Crippen molar-refractivity contribution >= 4 is 5.84 Å². The van der Waals surface area contributed by atoms with E-state index in [1.807, 2.05) is 13.8 Å². The predicted molar refractivity (Wildman–Crippen MR) is 65.6 cm³/mol. The Kier molecular flexibility index (Phi) is 7.08. The summed E-state index contributed by atoms with van der Waals surface area (Å²) in [5.74, 6) is 0.257. The zero-order valence-electron chi connectivity index (χ0n) is 10.6. The second kappa shape index (κ2) is 7.46. The van der Waals surface area contributed by atoms with E-state index in [9.17, 15) is 0 Å². The molecule has 0 aromatic heterocycles. The minimum atomic E-state index is -0.309. The molecule has 0 aromatic carbocycles. The van der Waals surface area contributed by atoms with Gasteiger partial charge >= 0.3 is 0 Å². The Morgan fingerprint density at radius 3 is 2.38 bits per heavy atom. The van der Waals surface area contributed by atoms with Crippen LogP contribution < -0.4 is 5.73 Å². The molecule has 0 radical (unpaired) electrons. The smallest absolute Gasteiger partial charge is 0.144 e. The molecular formula is C11H25N3O2. The van der Waals surface area contributed by atoms with Crippen LogP contribution >= 0.6 is 0 Å². The molecule has 0 atom stereocenters. The lowest BCUT2D eigenvalue weighted by Crippen LogP contribution is -2.37. The van der Waals surface area contributed by atoms with Crippen LogP contribution in [0, 0.1) is 5.41 Å². The average molecular weight is 231 g/mol. The van der Waals surface area contributed by atoms with Crippen LogP contribution in [-0.4, -0.2) is 47.3 Å². The number of aliphatic hydroxyl groups excluding tert-OH is 1. The number of hydrogen-bond acceptors (Lipinski definition) is 4. The van der Waals surface area contributed by atoms with Crippen molar-refractivity contribution in [2.45, 2.75) is 33.6 Å². The molecule has 0 saturated heterocycles. The van der Waals surface area contributed by atoms with Gasteiger partial charge in [0.25, 0.3) is 0 Å². The fourth-order valence-corrected chi connectivity index (χ4v) is 1.49. The van der Waals surface area contributed by atoms with Crippen molar-refractivity contribution in [2.75, 3.05) is 26.2 Å². The largest absolute Gasteiger partial charge is 0.409 e. The summed E-state index contributed by atoms with van der Waals surface area (Å²) in [7, 11) is 0. The van der Waals surface area contributed by atoms with Crippen molar-refractivity contribution in [1.29, 1.82) is 0 Å². The third-order valence-electron chi connectivity index (χ3n) is 2.81. The molecule has 5 nitrogen and oxygen atoms in total. The zero-order chi connectivity index (χ0) is 12.6. The van der Waals surface area contributed by atoms with Gasteiger partial charge in [-0.05, 0) is 25.9 Å². The van der Waals surface area contributed by atoms with Crippen LogP contribution in [0.2, 0.25) is 0 Å². The highest BCUT2D eigenvalue weighted by molar-refractivity contribution is 5.85. The Hall–Kier alpha value is -0.810. The van der Waals surface area contributed by atoms with Gasteiger partial charge in [0.1, 0.15) is 5.84 Å². The molecular weight excluding hydrogens is 206 g/mol. The Morgan fingerprint density at radius 1 is 1.31 bits per heavy atom. The van der Waals surface area contributed by atoms with Crippen molar-refractivity contribution in [1.82, 2.24) is 4.90 Å². The summed E-state index contributed by atoms with van der Waals surface area (Å²) in [5, 5.41) is 20.6. The Bertz CT molecular complexity index is 211. The molecule has 5 heteroatoms. The van der Waals surface area contributed by atoms with Crippen LogP contribution in [0.25, 0.3) is 0 Å². The maximum absolute atomic E-state index is 8.92. The first kappa shape index (κ1) is 15.2. The Morgan fingerprint density at radius 2 is 1.94 bits per heavy atom. The molecule has 0 aliphatic rings. The highest BCUT2D eigenvalue weighted by Gasteiger charge is 2.24. The first-order valence-corrected chi connectivity index (χ1v) is 5.79. The second-order valence-corrected chi connectivity index (χ2v) is 4.68. The number of hydrogen-bond donors (Lipinski definition) is 3. The maximum Gasteiger partial charge on any atom is 0.144 e. The van der Waals surface area contributed by atoms with E-state index in [1.165, 1.54) is 0 Å². The quantitative estimate of drug-likeness (QED) is 0.250. The minimum Gasteiger partial charge on any atom is -0.409 e. The number of oxime groups is 1. The summed E-state index contributed by atoms with van der Waals surface area (Å²) < 4.78 is 0. The normalized spacial score (nSPS) is 13.4. The molecule has 0 bridgehead atoms. The van der Waals surface area contributed by atoms with Gasteiger partial charge in [-0.3, -0.25) is 0 Å². The molecule has 96 valence electrons. The van der Waals surface area contributed by atoms with Crippen LogP contribution in [-0.2, 0) is 0 Å². The van der Waals surface area contributed by atoms with Crippen LogP contribution in [0.3, 0.4) is 0 Å². The van der Waals surface area contributed by atoms with E-state index in [2.05, 4.69) is 17.0 Å². The summed E-state index contributed by atoms with van der Waals surface area (Å²) in [6.07, 6.45) is 1.87. The van der Waals surface area contributed by atoms with Crippen LogP contribution in [0.4, 0.5) is 0 Å².